The Hall–Kier alpha value is -4.07. The highest BCUT2D eigenvalue weighted by atomic mass is 35.5. The minimum atomic E-state index is -1.09. The van der Waals surface area contributed by atoms with Crippen LogP contribution in [0.1, 0.15) is 34.5 Å². The molecule has 0 radical (unpaired) electrons. The lowest BCUT2D eigenvalue weighted by Crippen LogP contribution is -2.29. The van der Waals surface area contributed by atoms with E-state index in [0.717, 1.165) is 35.0 Å². The Balaban J connectivity index is 1.23. The van der Waals surface area contributed by atoms with Gasteiger partial charge in [-0.3, -0.25) is 0 Å². The lowest BCUT2D eigenvalue weighted by Gasteiger charge is -2.20. The first-order valence-corrected chi connectivity index (χ1v) is 13.5. The summed E-state index contributed by atoms with van der Waals surface area (Å²) in [5, 5.41) is 11.3. The first-order chi connectivity index (χ1) is 19.5. The van der Waals surface area contributed by atoms with Crippen LogP contribution in [0.3, 0.4) is 0 Å². The van der Waals surface area contributed by atoms with E-state index in [9.17, 15) is 9.90 Å². The van der Waals surface area contributed by atoms with Gasteiger partial charge in [0.05, 0.1) is 24.9 Å². The van der Waals surface area contributed by atoms with Crippen molar-refractivity contribution in [2.45, 2.75) is 18.9 Å². The van der Waals surface area contributed by atoms with Gasteiger partial charge in [-0.15, -0.1) is 0 Å². The van der Waals surface area contributed by atoms with Crippen molar-refractivity contribution in [3.05, 3.63) is 94.6 Å². The highest BCUT2D eigenvalue weighted by molar-refractivity contribution is 6.31. The second-order valence-electron chi connectivity index (χ2n) is 9.67. The smallest absolute Gasteiger partial charge is 0.339 e. The fourth-order valence-corrected chi connectivity index (χ4v) is 4.26. The molecular weight excluding hydrogens is 530 g/mol. The van der Waals surface area contributed by atoms with E-state index in [-0.39, 0.29) is 30.6 Å². The molecule has 5 rings (SSSR count). The molecule has 7 nitrogen and oxygen atoms in total. The van der Waals surface area contributed by atoms with Crippen LogP contribution >= 0.6 is 11.6 Å². The van der Waals surface area contributed by atoms with Gasteiger partial charge in [-0.05, 0) is 78.9 Å². The fourth-order valence-electron chi connectivity index (χ4n) is 4.09. The molecule has 0 saturated heterocycles. The Morgan fingerprint density at radius 3 is 2.62 bits per heavy atom. The molecule has 1 N–H and O–H groups in total. The van der Waals surface area contributed by atoms with Crippen molar-refractivity contribution >= 4 is 40.6 Å². The summed E-state index contributed by atoms with van der Waals surface area (Å²) < 4.78 is 23.2. The molecule has 0 amide bonds. The topological polar surface area (TPSA) is 87.1 Å². The van der Waals surface area contributed by atoms with Crippen molar-refractivity contribution in [2.75, 3.05) is 26.9 Å². The molecule has 1 aromatic heterocycles. The van der Waals surface area contributed by atoms with E-state index in [2.05, 4.69) is 4.98 Å². The molecule has 1 saturated carbocycles. The van der Waals surface area contributed by atoms with Crippen LogP contribution in [-0.2, 0) is 4.74 Å². The van der Waals surface area contributed by atoms with Crippen LogP contribution in [0.2, 0.25) is 5.02 Å². The maximum Gasteiger partial charge on any atom is 0.339 e. The van der Waals surface area contributed by atoms with Crippen LogP contribution in [0.15, 0.2) is 72.8 Å². The number of benzene rings is 3. The molecule has 0 spiro atoms. The standard InChI is InChI=1S/C32H30ClNO6/c1-37-26-13-14-31(29(17-26)32(35)36)40-20-28(38-18-22-5-6-22)19-39-27-4-2-3-21(15-27)7-11-25-12-9-23-8-10-24(33)16-30(23)34-25/h2-4,7-17,22,28H,5-6,18-20H2,1H3,(H,35,36)/b11-7+/t28-/m0/s1. The molecule has 1 aliphatic rings. The molecule has 206 valence electrons. The quantitative estimate of drug-likeness (QED) is 0.188. The van der Waals surface area contributed by atoms with Crippen molar-refractivity contribution in [3.63, 3.8) is 0 Å². The molecule has 8 heteroatoms. The van der Waals surface area contributed by atoms with Crippen molar-refractivity contribution in [1.82, 2.24) is 4.98 Å². The van der Waals surface area contributed by atoms with Gasteiger partial charge in [0, 0.05) is 10.4 Å². The van der Waals surface area contributed by atoms with Crippen LogP contribution < -0.4 is 14.2 Å². The van der Waals surface area contributed by atoms with Gasteiger partial charge in [-0.2, -0.15) is 0 Å². The highest BCUT2D eigenvalue weighted by Crippen LogP contribution is 2.30. The Kier molecular flexibility index (Phi) is 8.84. The third-order valence-corrected chi connectivity index (χ3v) is 6.76. The van der Waals surface area contributed by atoms with Crippen molar-refractivity contribution < 1.29 is 28.8 Å². The normalized spacial score (nSPS) is 13.8. The number of carboxylic acids is 1. The summed E-state index contributed by atoms with van der Waals surface area (Å²) >= 11 is 6.12. The van der Waals surface area contributed by atoms with Crippen molar-refractivity contribution in [1.29, 1.82) is 0 Å². The van der Waals surface area contributed by atoms with E-state index in [1.165, 1.54) is 13.2 Å². The SMILES string of the molecule is COc1ccc(OC[C@H](COc2cccc(/C=C/c3ccc4ccc(Cl)cc4n3)c2)OCC2CC2)c(C(=O)O)c1. The van der Waals surface area contributed by atoms with Crippen LogP contribution in [0.4, 0.5) is 0 Å². The van der Waals surface area contributed by atoms with Gasteiger partial charge in [0.1, 0.15) is 42.1 Å². The Morgan fingerprint density at radius 1 is 1.00 bits per heavy atom. The molecule has 1 atom stereocenters. The summed E-state index contributed by atoms with van der Waals surface area (Å²) in [6, 6.07) is 22.1. The summed E-state index contributed by atoms with van der Waals surface area (Å²) in [4.78, 5) is 16.4. The van der Waals surface area contributed by atoms with Gasteiger partial charge in [0.15, 0.2) is 0 Å². The van der Waals surface area contributed by atoms with Gasteiger partial charge in [-0.25, -0.2) is 9.78 Å². The van der Waals surface area contributed by atoms with E-state index >= 15 is 0 Å². The van der Waals surface area contributed by atoms with Gasteiger partial charge in [0.2, 0.25) is 0 Å². The average molecular weight is 560 g/mol. The fraction of sp³-hybridized carbons (Fsp3) is 0.250. The number of carboxylic acid groups (broad SMARTS) is 1. The molecule has 40 heavy (non-hydrogen) atoms. The lowest BCUT2D eigenvalue weighted by molar-refractivity contribution is -0.0121. The van der Waals surface area contributed by atoms with E-state index in [1.807, 2.05) is 66.7 Å². The second kappa shape index (κ2) is 12.9. The number of carbonyl (C=O) groups is 1. The summed E-state index contributed by atoms with van der Waals surface area (Å²) in [5.41, 5.74) is 2.66. The first-order valence-electron chi connectivity index (χ1n) is 13.1. The summed E-state index contributed by atoms with van der Waals surface area (Å²) in [6.45, 7) is 1.03. The maximum atomic E-state index is 11.7. The van der Waals surface area contributed by atoms with Crippen LogP contribution in [-0.4, -0.2) is 49.1 Å². The zero-order chi connectivity index (χ0) is 27.9. The maximum absolute atomic E-state index is 11.7. The van der Waals surface area contributed by atoms with Gasteiger partial charge < -0.3 is 24.1 Å². The minimum Gasteiger partial charge on any atom is -0.497 e. The third-order valence-electron chi connectivity index (χ3n) is 6.52. The molecule has 0 aliphatic heterocycles. The molecule has 1 heterocycles. The molecule has 1 aliphatic carbocycles. The molecule has 0 unspecified atom stereocenters. The third kappa shape index (κ3) is 7.52. The number of aromatic carboxylic acids is 1. The second-order valence-corrected chi connectivity index (χ2v) is 10.1. The monoisotopic (exact) mass is 559 g/mol. The summed E-state index contributed by atoms with van der Waals surface area (Å²) in [5.74, 6) is 0.866. The average Bonchev–Trinajstić information content (AvgIpc) is 3.80. The van der Waals surface area contributed by atoms with E-state index in [0.29, 0.717) is 29.0 Å². The first kappa shape index (κ1) is 27.5. The Morgan fingerprint density at radius 2 is 1.82 bits per heavy atom. The van der Waals surface area contributed by atoms with Crippen LogP contribution in [0.5, 0.6) is 17.2 Å². The predicted octanol–water partition coefficient (Wildman–Crippen LogP) is 7.02. The number of aromatic nitrogens is 1. The van der Waals surface area contributed by atoms with Crippen molar-refractivity contribution in [2.24, 2.45) is 5.92 Å². The largest absolute Gasteiger partial charge is 0.497 e. The molecule has 0 bridgehead atoms. The van der Waals surface area contributed by atoms with E-state index in [1.54, 1.807) is 12.1 Å². The number of fused-ring (bicyclic) bond motifs is 1. The number of hydrogen-bond acceptors (Lipinski definition) is 6. The molecule has 1 fully saturated rings. The number of ether oxygens (including phenoxy) is 4. The van der Waals surface area contributed by atoms with Gasteiger partial charge >= 0.3 is 5.97 Å². The number of hydrogen-bond donors (Lipinski definition) is 1. The lowest BCUT2D eigenvalue weighted by atomic mass is 10.1. The molecular formula is C32H30ClNO6. The van der Waals surface area contributed by atoms with E-state index in [4.69, 9.17) is 30.5 Å². The van der Waals surface area contributed by atoms with E-state index < -0.39 is 5.97 Å². The number of halogens is 1. The highest BCUT2D eigenvalue weighted by Gasteiger charge is 2.24. The Labute approximate surface area is 237 Å². The summed E-state index contributed by atoms with van der Waals surface area (Å²) in [6.07, 6.45) is 5.86. The number of methoxy groups -OCH3 is 1. The van der Waals surface area contributed by atoms with Crippen molar-refractivity contribution in [3.8, 4) is 17.2 Å². The summed E-state index contributed by atoms with van der Waals surface area (Å²) in [7, 11) is 1.49. The zero-order valence-corrected chi connectivity index (χ0v) is 22.8. The minimum absolute atomic E-state index is 0.0321. The molecule has 4 aromatic rings. The predicted molar refractivity (Wildman–Crippen MR) is 156 cm³/mol. The van der Waals surface area contributed by atoms with Crippen LogP contribution in [0.25, 0.3) is 23.1 Å². The zero-order valence-electron chi connectivity index (χ0n) is 22.1. The van der Waals surface area contributed by atoms with Crippen LogP contribution in [0, 0.1) is 5.92 Å². The molecule has 3 aromatic carbocycles. The van der Waals surface area contributed by atoms with Gasteiger partial charge in [0.25, 0.3) is 0 Å². The Bertz CT molecular complexity index is 1520. The van der Waals surface area contributed by atoms with Gasteiger partial charge in [-0.1, -0.05) is 41.9 Å². The number of rotatable bonds is 13. The number of pyridine rings is 1. The number of nitrogens with zero attached hydrogens (tertiary/aromatic N) is 1.